The largest absolute Gasteiger partial charge is 0.481 e. The normalized spacial score (nSPS) is 25.2. The lowest BCUT2D eigenvalue weighted by molar-refractivity contribution is -0.143. The molecule has 0 spiro atoms. The molecule has 1 saturated carbocycles. The van der Waals surface area contributed by atoms with Crippen LogP contribution < -0.4 is 5.32 Å². The van der Waals surface area contributed by atoms with Crippen LogP contribution in [0.3, 0.4) is 0 Å². The van der Waals surface area contributed by atoms with Crippen LogP contribution in [-0.4, -0.2) is 23.0 Å². The molecule has 4 heteroatoms. The van der Waals surface area contributed by atoms with E-state index in [1.807, 2.05) is 13.0 Å². The zero-order valence-corrected chi connectivity index (χ0v) is 10.8. The van der Waals surface area contributed by atoms with Crippen LogP contribution in [0.2, 0.25) is 0 Å². The molecular formula is C14H21NO3. The van der Waals surface area contributed by atoms with Gasteiger partial charge in [0.1, 0.15) is 0 Å². The number of carboxylic acids is 1. The lowest BCUT2D eigenvalue weighted by Crippen LogP contribution is -2.42. The molecule has 2 N–H and O–H groups in total. The van der Waals surface area contributed by atoms with Gasteiger partial charge in [-0.2, -0.15) is 0 Å². The maximum atomic E-state index is 11.6. The summed E-state index contributed by atoms with van der Waals surface area (Å²) in [5.41, 5.74) is 0. The Morgan fingerprint density at radius 3 is 2.56 bits per heavy atom. The highest BCUT2D eigenvalue weighted by atomic mass is 16.4. The zero-order valence-electron chi connectivity index (χ0n) is 10.8. The van der Waals surface area contributed by atoms with E-state index in [9.17, 15) is 14.7 Å². The van der Waals surface area contributed by atoms with Crippen LogP contribution in [0.1, 0.15) is 39.0 Å². The summed E-state index contributed by atoms with van der Waals surface area (Å²) in [5.74, 6) is -1.47. The number of allylic oxidation sites excluding steroid dienone is 3. The molecule has 0 unspecified atom stereocenters. The Morgan fingerprint density at radius 1 is 1.17 bits per heavy atom. The van der Waals surface area contributed by atoms with Crippen LogP contribution in [0.4, 0.5) is 0 Å². The van der Waals surface area contributed by atoms with Crippen LogP contribution in [0.5, 0.6) is 0 Å². The first-order valence-electron chi connectivity index (χ1n) is 6.48. The Hall–Kier alpha value is -1.58. The fourth-order valence-electron chi connectivity index (χ4n) is 2.26. The molecule has 0 aromatic carbocycles. The molecule has 0 aromatic heterocycles. The molecule has 1 rings (SSSR count). The summed E-state index contributed by atoms with van der Waals surface area (Å²) < 4.78 is 0. The Kier molecular flexibility index (Phi) is 6.19. The number of carbonyl (C=O) groups excluding carboxylic acids is 1. The van der Waals surface area contributed by atoms with Gasteiger partial charge in [0.2, 0.25) is 5.91 Å². The Balaban J connectivity index is 2.60. The third-order valence-corrected chi connectivity index (χ3v) is 3.21. The van der Waals surface area contributed by atoms with Crippen molar-refractivity contribution >= 4 is 11.9 Å². The van der Waals surface area contributed by atoms with Gasteiger partial charge < -0.3 is 10.4 Å². The Bertz CT molecular complexity index is 347. The summed E-state index contributed by atoms with van der Waals surface area (Å²) in [7, 11) is 0. The van der Waals surface area contributed by atoms with Crippen LogP contribution in [0.25, 0.3) is 0 Å². The molecule has 0 saturated heterocycles. The number of hydrogen-bond acceptors (Lipinski definition) is 2. The molecule has 18 heavy (non-hydrogen) atoms. The Labute approximate surface area is 108 Å². The van der Waals surface area contributed by atoms with Crippen molar-refractivity contribution in [1.29, 1.82) is 0 Å². The molecule has 0 bridgehead atoms. The molecule has 1 aliphatic carbocycles. The molecule has 4 nitrogen and oxygen atoms in total. The fourth-order valence-corrected chi connectivity index (χ4v) is 2.26. The van der Waals surface area contributed by atoms with E-state index < -0.39 is 11.9 Å². The molecule has 0 heterocycles. The van der Waals surface area contributed by atoms with E-state index in [4.69, 9.17) is 0 Å². The van der Waals surface area contributed by atoms with Crippen molar-refractivity contribution in [2.75, 3.05) is 0 Å². The van der Waals surface area contributed by atoms with Crippen molar-refractivity contribution in [2.24, 2.45) is 5.92 Å². The first-order chi connectivity index (χ1) is 8.65. The van der Waals surface area contributed by atoms with Gasteiger partial charge in [0.25, 0.3) is 0 Å². The van der Waals surface area contributed by atoms with E-state index in [1.54, 1.807) is 12.2 Å². The second-order valence-electron chi connectivity index (χ2n) is 4.58. The molecule has 0 aromatic rings. The van der Waals surface area contributed by atoms with Crippen LogP contribution >= 0.6 is 0 Å². The van der Waals surface area contributed by atoms with Crippen molar-refractivity contribution < 1.29 is 14.7 Å². The van der Waals surface area contributed by atoms with E-state index in [0.717, 1.165) is 25.7 Å². The van der Waals surface area contributed by atoms with Gasteiger partial charge in [-0.1, -0.05) is 37.5 Å². The number of nitrogens with one attached hydrogen (secondary N) is 1. The smallest absolute Gasteiger partial charge is 0.308 e. The molecular weight excluding hydrogens is 230 g/mol. The number of carbonyl (C=O) groups is 2. The summed E-state index contributed by atoms with van der Waals surface area (Å²) in [6, 6.07) is -0.243. The van der Waals surface area contributed by atoms with Gasteiger partial charge in [0.05, 0.1) is 5.92 Å². The highest BCUT2D eigenvalue weighted by Crippen LogP contribution is 2.23. The van der Waals surface area contributed by atoms with Crippen LogP contribution in [-0.2, 0) is 9.59 Å². The van der Waals surface area contributed by atoms with Gasteiger partial charge in [-0.05, 0) is 19.8 Å². The maximum absolute atomic E-state index is 11.6. The van der Waals surface area contributed by atoms with E-state index in [0.29, 0.717) is 6.42 Å². The van der Waals surface area contributed by atoms with E-state index >= 15 is 0 Å². The zero-order chi connectivity index (χ0) is 13.4. The van der Waals surface area contributed by atoms with Crippen LogP contribution in [0.15, 0.2) is 24.3 Å². The second-order valence-corrected chi connectivity index (χ2v) is 4.58. The average Bonchev–Trinajstić information content (AvgIpc) is 2.55. The van der Waals surface area contributed by atoms with Crippen molar-refractivity contribution in [3.63, 3.8) is 0 Å². The monoisotopic (exact) mass is 251 g/mol. The first kappa shape index (κ1) is 14.5. The van der Waals surface area contributed by atoms with Gasteiger partial charge >= 0.3 is 5.97 Å². The van der Waals surface area contributed by atoms with Gasteiger partial charge in [-0.25, -0.2) is 0 Å². The minimum absolute atomic E-state index is 0.216. The second kappa shape index (κ2) is 7.69. The van der Waals surface area contributed by atoms with Gasteiger partial charge in [0, 0.05) is 12.1 Å². The number of hydrogen-bond donors (Lipinski definition) is 2. The number of carboxylic acid groups (broad SMARTS) is 1. The average molecular weight is 251 g/mol. The molecule has 0 aliphatic heterocycles. The first-order valence-corrected chi connectivity index (χ1v) is 6.48. The quantitative estimate of drug-likeness (QED) is 0.457. The number of rotatable bonds is 4. The number of amides is 1. The molecule has 1 fully saturated rings. The molecule has 1 amide bonds. The van der Waals surface area contributed by atoms with Gasteiger partial charge in [-0.3, -0.25) is 9.59 Å². The summed E-state index contributed by atoms with van der Waals surface area (Å²) in [4.78, 5) is 22.8. The fraction of sp³-hybridized carbons (Fsp3) is 0.571. The van der Waals surface area contributed by atoms with Gasteiger partial charge in [0.15, 0.2) is 0 Å². The lowest BCUT2D eigenvalue weighted by Gasteiger charge is -2.22. The number of aliphatic carboxylic acids is 1. The minimum atomic E-state index is -0.806. The van der Waals surface area contributed by atoms with E-state index in [-0.39, 0.29) is 11.9 Å². The highest BCUT2D eigenvalue weighted by molar-refractivity contribution is 5.88. The lowest BCUT2D eigenvalue weighted by atomic mass is 9.95. The highest BCUT2D eigenvalue weighted by Gasteiger charge is 2.29. The summed E-state index contributed by atoms with van der Waals surface area (Å²) in [6.07, 6.45) is 11.0. The van der Waals surface area contributed by atoms with Crippen molar-refractivity contribution in [3.8, 4) is 0 Å². The van der Waals surface area contributed by atoms with E-state index in [2.05, 4.69) is 5.32 Å². The minimum Gasteiger partial charge on any atom is -0.481 e. The van der Waals surface area contributed by atoms with E-state index in [1.165, 1.54) is 6.08 Å². The summed E-state index contributed by atoms with van der Waals surface area (Å²) in [6.45, 7) is 1.87. The molecule has 2 atom stereocenters. The summed E-state index contributed by atoms with van der Waals surface area (Å²) >= 11 is 0. The third-order valence-electron chi connectivity index (χ3n) is 3.21. The standard InChI is InChI=1S/C14H21NO3/c1-2-3-5-10-13(16)15-12-9-7-4-6-8-11(12)14(17)18/h2-3,5,10-12H,4,6-9H2,1H3,(H,15,16)(H,17,18)/b3-2+,10-5-/t11-,12-/m1/s1. The predicted molar refractivity (Wildman–Crippen MR) is 70.1 cm³/mol. The van der Waals surface area contributed by atoms with Crippen molar-refractivity contribution in [2.45, 2.75) is 45.1 Å². The Morgan fingerprint density at radius 2 is 1.89 bits per heavy atom. The SMILES string of the molecule is C/C=C/C=C\C(=O)N[C@@H]1CCCCC[C@H]1C(=O)O. The van der Waals surface area contributed by atoms with Crippen molar-refractivity contribution in [3.05, 3.63) is 24.3 Å². The molecule has 0 radical (unpaired) electrons. The third kappa shape index (κ3) is 4.73. The topological polar surface area (TPSA) is 66.4 Å². The van der Waals surface area contributed by atoms with Gasteiger partial charge in [-0.15, -0.1) is 0 Å². The molecule has 100 valence electrons. The maximum Gasteiger partial charge on any atom is 0.308 e. The summed E-state index contributed by atoms with van der Waals surface area (Å²) in [5, 5.41) is 12.0. The molecule has 1 aliphatic rings. The predicted octanol–water partition coefficient (Wildman–Crippen LogP) is 2.27. The van der Waals surface area contributed by atoms with Crippen LogP contribution in [0, 0.1) is 5.92 Å². The van der Waals surface area contributed by atoms with Crippen molar-refractivity contribution in [1.82, 2.24) is 5.32 Å².